The smallest absolute Gasteiger partial charge is 0.166 e. The number of aliphatic hydroxyl groups excluding tert-OH is 1. The summed E-state index contributed by atoms with van der Waals surface area (Å²) in [6, 6.07) is 4.58. The Kier molecular flexibility index (Phi) is 3.78. The summed E-state index contributed by atoms with van der Waals surface area (Å²) in [5.41, 5.74) is 0. The van der Waals surface area contributed by atoms with E-state index >= 15 is 0 Å². The minimum atomic E-state index is -0.697. The van der Waals surface area contributed by atoms with Gasteiger partial charge in [-0.15, -0.1) is 0 Å². The van der Waals surface area contributed by atoms with Crippen LogP contribution in [0.2, 0.25) is 0 Å². The first-order chi connectivity index (χ1) is 7.66. The van der Waals surface area contributed by atoms with Gasteiger partial charge in [0.15, 0.2) is 11.6 Å². The van der Waals surface area contributed by atoms with Crippen molar-refractivity contribution in [2.24, 2.45) is 0 Å². The van der Waals surface area contributed by atoms with Gasteiger partial charge in [-0.05, 0) is 18.2 Å². The molecule has 16 heavy (non-hydrogen) atoms. The fraction of sp³-hybridized carbons (Fsp3) is 0.455. The third-order valence-corrected chi connectivity index (χ3v) is 2.93. The van der Waals surface area contributed by atoms with Gasteiger partial charge in [-0.2, -0.15) is 0 Å². The molecule has 88 valence electrons. The number of aliphatic hydroxyl groups is 1. The third-order valence-electron chi connectivity index (χ3n) is 2.44. The Labute approximate surface area is 101 Å². The van der Waals surface area contributed by atoms with Crippen LogP contribution in [0, 0.1) is 5.82 Å². The fourth-order valence-electron chi connectivity index (χ4n) is 1.57. The average Bonchev–Trinajstić information content (AvgIpc) is 2.25. The molecule has 5 heteroatoms. The summed E-state index contributed by atoms with van der Waals surface area (Å²) < 4.78 is 24.6. The molecule has 0 bridgehead atoms. The zero-order valence-electron chi connectivity index (χ0n) is 8.53. The van der Waals surface area contributed by atoms with Crippen LogP contribution in [-0.2, 0) is 4.74 Å². The molecule has 3 nitrogen and oxygen atoms in total. The van der Waals surface area contributed by atoms with E-state index in [0.717, 1.165) is 0 Å². The van der Waals surface area contributed by atoms with E-state index in [4.69, 9.17) is 9.47 Å². The van der Waals surface area contributed by atoms with Gasteiger partial charge in [0.1, 0.15) is 12.2 Å². The van der Waals surface area contributed by atoms with E-state index in [0.29, 0.717) is 17.5 Å². The summed E-state index contributed by atoms with van der Waals surface area (Å²) in [7, 11) is 0. The van der Waals surface area contributed by atoms with Gasteiger partial charge in [0, 0.05) is 10.9 Å². The highest BCUT2D eigenvalue weighted by Crippen LogP contribution is 2.24. The van der Waals surface area contributed by atoms with Gasteiger partial charge in [-0.3, -0.25) is 0 Å². The van der Waals surface area contributed by atoms with Crippen LogP contribution in [0.15, 0.2) is 22.7 Å². The quantitative estimate of drug-likeness (QED) is 0.907. The summed E-state index contributed by atoms with van der Waals surface area (Å²) in [6.07, 6.45) is -0.530. The van der Waals surface area contributed by atoms with Crippen LogP contribution >= 0.6 is 15.9 Å². The molecule has 0 aromatic heterocycles. The molecule has 0 saturated carbocycles. The van der Waals surface area contributed by atoms with E-state index in [-0.39, 0.29) is 12.4 Å². The molecule has 0 unspecified atom stereocenters. The molecule has 1 aromatic rings. The van der Waals surface area contributed by atoms with E-state index in [2.05, 4.69) is 15.9 Å². The molecule has 1 saturated heterocycles. The molecule has 0 amide bonds. The van der Waals surface area contributed by atoms with E-state index in [1.165, 1.54) is 6.07 Å². The molecule has 1 fully saturated rings. The summed E-state index contributed by atoms with van der Waals surface area (Å²) in [5, 5.41) is 9.59. The molecule has 1 aromatic carbocycles. The monoisotopic (exact) mass is 290 g/mol. The molecule has 0 radical (unpaired) electrons. The second-order valence-electron chi connectivity index (χ2n) is 3.66. The van der Waals surface area contributed by atoms with Crippen LogP contribution in [0.25, 0.3) is 0 Å². The normalized spacial score (nSPS) is 25.4. The Balaban J connectivity index is 2.07. The van der Waals surface area contributed by atoms with Gasteiger partial charge in [-0.25, -0.2) is 4.39 Å². The summed E-state index contributed by atoms with van der Waals surface area (Å²) in [6.45, 7) is 0.767. The maximum Gasteiger partial charge on any atom is 0.166 e. The van der Waals surface area contributed by atoms with E-state index in [9.17, 15) is 9.50 Å². The molecule has 0 spiro atoms. The standard InChI is InChI=1S/C11H12BrFO3/c12-7-1-2-10(8(13)5-7)16-11-3-4-15-6-9(11)14/h1-2,5,9,11,14H,3-4,6H2/t9-,11-/m1/s1. The second-order valence-corrected chi connectivity index (χ2v) is 4.58. The number of hydrogen-bond acceptors (Lipinski definition) is 3. The van der Waals surface area contributed by atoms with Crippen molar-refractivity contribution in [3.8, 4) is 5.75 Å². The first-order valence-corrected chi connectivity index (χ1v) is 5.83. The molecule has 1 heterocycles. The van der Waals surface area contributed by atoms with E-state index in [1.54, 1.807) is 12.1 Å². The van der Waals surface area contributed by atoms with Crippen molar-refractivity contribution in [3.63, 3.8) is 0 Å². The van der Waals surface area contributed by atoms with Crippen LogP contribution < -0.4 is 4.74 Å². The van der Waals surface area contributed by atoms with Gasteiger partial charge in [0.25, 0.3) is 0 Å². The van der Waals surface area contributed by atoms with Gasteiger partial charge in [-0.1, -0.05) is 15.9 Å². The third kappa shape index (κ3) is 2.72. The number of rotatable bonds is 2. The molecular formula is C11H12BrFO3. The molecule has 0 aliphatic carbocycles. The van der Waals surface area contributed by atoms with E-state index in [1.807, 2.05) is 0 Å². The van der Waals surface area contributed by atoms with Crippen molar-refractivity contribution < 1.29 is 19.0 Å². The topological polar surface area (TPSA) is 38.7 Å². The highest BCUT2D eigenvalue weighted by atomic mass is 79.9. The van der Waals surface area contributed by atoms with Crippen LogP contribution in [0.1, 0.15) is 6.42 Å². The Morgan fingerprint density at radius 1 is 1.50 bits per heavy atom. The van der Waals surface area contributed by atoms with E-state index < -0.39 is 18.0 Å². The number of halogens is 2. The van der Waals surface area contributed by atoms with Crippen molar-refractivity contribution in [1.82, 2.24) is 0 Å². The van der Waals surface area contributed by atoms with Crippen molar-refractivity contribution >= 4 is 15.9 Å². The van der Waals surface area contributed by atoms with Gasteiger partial charge >= 0.3 is 0 Å². The molecule has 1 aliphatic rings. The summed E-state index contributed by atoms with van der Waals surface area (Å²) >= 11 is 3.17. The Hall–Kier alpha value is -0.650. The molecule has 1 aliphatic heterocycles. The predicted molar refractivity (Wildman–Crippen MR) is 60.0 cm³/mol. The Morgan fingerprint density at radius 2 is 2.31 bits per heavy atom. The van der Waals surface area contributed by atoms with Crippen molar-refractivity contribution in [2.45, 2.75) is 18.6 Å². The minimum Gasteiger partial charge on any atom is -0.484 e. The predicted octanol–water partition coefficient (Wildman–Crippen LogP) is 2.12. The first-order valence-electron chi connectivity index (χ1n) is 5.04. The molecule has 2 rings (SSSR count). The Morgan fingerprint density at radius 3 is 3.00 bits per heavy atom. The zero-order valence-corrected chi connectivity index (χ0v) is 10.1. The zero-order chi connectivity index (χ0) is 11.5. The van der Waals surface area contributed by atoms with Crippen molar-refractivity contribution in [3.05, 3.63) is 28.5 Å². The SMILES string of the molecule is O[C@@H]1COCC[C@H]1Oc1ccc(Br)cc1F. The highest BCUT2D eigenvalue weighted by molar-refractivity contribution is 9.10. The highest BCUT2D eigenvalue weighted by Gasteiger charge is 2.26. The average molecular weight is 291 g/mol. The lowest BCUT2D eigenvalue weighted by Gasteiger charge is -2.28. The lowest BCUT2D eigenvalue weighted by Crippen LogP contribution is -2.40. The summed E-state index contributed by atoms with van der Waals surface area (Å²) in [5.74, 6) is -0.276. The lowest BCUT2D eigenvalue weighted by atomic mass is 10.1. The van der Waals surface area contributed by atoms with Gasteiger partial charge in [0.2, 0.25) is 0 Å². The number of hydrogen-bond donors (Lipinski definition) is 1. The Bertz CT molecular complexity index is 372. The van der Waals surface area contributed by atoms with Crippen LogP contribution in [0.5, 0.6) is 5.75 Å². The molecule has 1 N–H and O–H groups in total. The molecular weight excluding hydrogens is 279 g/mol. The number of ether oxygens (including phenoxy) is 2. The maximum absolute atomic E-state index is 13.5. The largest absolute Gasteiger partial charge is 0.484 e. The van der Waals surface area contributed by atoms with Crippen LogP contribution in [0.3, 0.4) is 0 Å². The fourth-order valence-corrected chi connectivity index (χ4v) is 1.91. The van der Waals surface area contributed by atoms with Gasteiger partial charge in [0.05, 0.1) is 13.2 Å². The lowest BCUT2D eigenvalue weighted by molar-refractivity contribution is -0.0759. The van der Waals surface area contributed by atoms with Gasteiger partial charge < -0.3 is 14.6 Å². The van der Waals surface area contributed by atoms with Crippen LogP contribution in [0.4, 0.5) is 4.39 Å². The maximum atomic E-state index is 13.5. The van der Waals surface area contributed by atoms with Crippen molar-refractivity contribution in [1.29, 1.82) is 0 Å². The van der Waals surface area contributed by atoms with Crippen molar-refractivity contribution in [2.75, 3.05) is 13.2 Å². The molecule has 2 atom stereocenters. The number of benzene rings is 1. The van der Waals surface area contributed by atoms with Crippen LogP contribution in [-0.4, -0.2) is 30.5 Å². The second kappa shape index (κ2) is 5.12. The first kappa shape index (κ1) is 11.8. The minimum absolute atomic E-state index is 0.161. The summed E-state index contributed by atoms with van der Waals surface area (Å²) in [4.78, 5) is 0.